The van der Waals surface area contributed by atoms with E-state index in [1.54, 1.807) is 14.2 Å². The number of benzene rings is 1. The van der Waals surface area contributed by atoms with Crippen LogP contribution in [0.4, 0.5) is 0 Å². The maximum Gasteiger partial charge on any atom is 0.137 e. The van der Waals surface area contributed by atoms with Crippen molar-refractivity contribution in [3.8, 4) is 5.75 Å². The van der Waals surface area contributed by atoms with Crippen LogP contribution in [0.1, 0.15) is 29.9 Å². The van der Waals surface area contributed by atoms with Crippen LogP contribution >= 0.6 is 11.6 Å². The lowest BCUT2D eigenvalue weighted by molar-refractivity contribution is 0.183. The topological polar surface area (TPSA) is 30.5 Å². The van der Waals surface area contributed by atoms with Crippen LogP contribution in [0, 0.1) is 0 Å². The highest BCUT2D eigenvalue weighted by Crippen LogP contribution is 2.35. The summed E-state index contributed by atoms with van der Waals surface area (Å²) >= 11 is 6.24. The van der Waals surface area contributed by atoms with Crippen molar-refractivity contribution in [2.24, 2.45) is 0 Å². The number of hydrogen-bond acceptors (Lipinski definition) is 3. The number of rotatable bonds is 4. The van der Waals surface area contributed by atoms with Gasteiger partial charge in [0.15, 0.2) is 0 Å². The minimum Gasteiger partial charge on any atom is -0.495 e. The van der Waals surface area contributed by atoms with E-state index in [4.69, 9.17) is 21.1 Å². The molecule has 100 valence electrons. The number of nitrogens with one attached hydrogen (secondary N) is 1. The summed E-state index contributed by atoms with van der Waals surface area (Å²) < 4.78 is 10.6. The Labute approximate surface area is 113 Å². The van der Waals surface area contributed by atoms with E-state index >= 15 is 0 Å². The first-order valence-corrected chi connectivity index (χ1v) is 6.70. The molecule has 0 unspecified atom stereocenters. The van der Waals surface area contributed by atoms with Gasteiger partial charge < -0.3 is 14.8 Å². The van der Waals surface area contributed by atoms with Crippen LogP contribution in [-0.2, 0) is 11.3 Å². The molecule has 0 atom stereocenters. The van der Waals surface area contributed by atoms with Gasteiger partial charge in [0, 0.05) is 7.11 Å². The number of halogens is 1. The average Bonchev–Trinajstić information content (AvgIpc) is 2.41. The maximum atomic E-state index is 6.24. The highest BCUT2D eigenvalue weighted by Gasteiger charge is 2.20. The molecular weight excluding hydrogens is 250 g/mol. The largest absolute Gasteiger partial charge is 0.495 e. The molecule has 1 aromatic carbocycles. The number of ether oxygens (including phenoxy) is 2. The molecule has 0 amide bonds. The van der Waals surface area contributed by atoms with Crippen LogP contribution in [0.5, 0.6) is 5.75 Å². The standard InChI is InChI=1S/C14H20ClNO2/c1-17-9-11-7-14(18-2)13(15)8-12(11)10-3-5-16-6-4-10/h7-8,10,16H,3-6,9H2,1-2H3. The highest BCUT2D eigenvalue weighted by atomic mass is 35.5. The summed E-state index contributed by atoms with van der Waals surface area (Å²) in [5.74, 6) is 1.29. The van der Waals surface area contributed by atoms with Gasteiger partial charge in [0.05, 0.1) is 18.7 Å². The van der Waals surface area contributed by atoms with E-state index in [1.807, 2.05) is 12.1 Å². The van der Waals surface area contributed by atoms with Gasteiger partial charge >= 0.3 is 0 Å². The van der Waals surface area contributed by atoms with Gasteiger partial charge in [0.25, 0.3) is 0 Å². The Bertz CT molecular complexity index is 403. The summed E-state index contributed by atoms with van der Waals surface area (Å²) in [6.07, 6.45) is 2.30. The Hall–Kier alpha value is -0.770. The summed E-state index contributed by atoms with van der Waals surface area (Å²) in [5.41, 5.74) is 2.50. The maximum absolute atomic E-state index is 6.24. The molecule has 0 radical (unpaired) electrons. The molecule has 1 heterocycles. The van der Waals surface area contributed by atoms with Gasteiger partial charge in [0.1, 0.15) is 5.75 Å². The molecule has 0 saturated carbocycles. The van der Waals surface area contributed by atoms with Crippen molar-refractivity contribution < 1.29 is 9.47 Å². The van der Waals surface area contributed by atoms with Crippen molar-refractivity contribution in [2.45, 2.75) is 25.4 Å². The molecule has 18 heavy (non-hydrogen) atoms. The van der Waals surface area contributed by atoms with Gasteiger partial charge in [-0.3, -0.25) is 0 Å². The molecule has 1 saturated heterocycles. The third kappa shape index (κ3) is 2.97. The Morgan fingerprint density at radius 2 is 2.00 bits per heavy atom. The first-order chi connectivity index (χ1) is 8.76. The second-order valence-corrected chi connectivity index (χ2v) is 5.05. The smallest absolute Gasteiger partial charge is 0.137 e. The third-order valence-electron chi connectivity index (χ3n) is 3.49. The Kier molecular flexibility index (Phi) is 4.87. The molecule has 2 rings (SSSR count). The lowest BCUT2D eigenvalue weighted by Gasteiger charge is -2.25. The summed E-state index contributed by atoms with van der Waals surface area (Å²) in [5, 5.41) is 4.07. The number of piperidine rings is 1. The molecular formula is C14H20ClNO2. The first kappa shape index (κ1) is 13.7. The first-order valence-electron chi connectivity index (χ1n) is 6.32. The number of methoxy groups -OCH3 is 2. The van der Waals surface area contributed by atoms with Crippen LogP contribution < -0.4 is 10.1 Å². The summed E-state index contributed by atoms with van der Waals surface area (Å²) in [7, 11) is 3.36. The highest BCUT2D eigenvalue weighted by molar-refractivity contribution is 6.32. The Morgan fingerprint density at radius 3 is 2.61 bits per heavy atom. The van der Waals surface area contributed by atoms with E-state index in [0.717, 1.165) is 31.7 Å². The van der Waals surface area contributed by atoms with Crippen molar-refractivity contribution in [2.75, 3.05) is 27.3 Å². The summed E-state index contributed by atoms with van der Waals surface area (Å²) in [6, 6.07) is 4.05. The molecule has 1 aliphatic rings. The van der Waals surface area contributed by atoms with Crippen LogP contribution in [-0.4, -0.2) is 27.3 Å². The molecule has 0 spiro atoms. The molecule has 4 heteroatoms. The van der Waals surface area contributed by atoms with Crippen molar-refractivity contribution in [3.63, 3.8) is 0 Å². The molecule has 0 bridgehead atoms. The molecule has 0 aromatic heterocycles. The molecule has 1 aliphatic heterocycles. The van der Waals surface area contributed by atoms with Crippen LogP contribution in [0.3, 0.4) is 0 Å². The zero-order chi connectivity index (χ0) is 13.0. The minimum atomic E-state index is 0.569. The Morgan fingerprint density at radius 1 is 1.28 bits per heavy atom. The van der Waals surface area contributed by atoms with Crippen molar-refractivity contribution in [1.29, 1.82) is 0 Å². The van der Waals surface area contributed by atoms with Gasteiger partial charge in [-0.05, 0) is 55.1 Å². The SMILES string of the molecule is COCc1cc(OC)c(Cl)cc1C1CCNCC1. The Balaban J connectivity index is 2.33. The van der Waals surface area contributed by atoms with E-state index in [-0.39, 0.29) is 0 Å². The van der Waals surface area contributed by atoms with E-state index in [0.29, 0.717) is 17.5 Å². The van der Waals surface area contributed by atoms with Crippen LogP contribution in [0.2, 0.25) is 5.02 Å². The lowest BCUT2D eigenvalue weighted by Crippen LogP contribution is -2.27. The zero-order valence-corrected chi connectivity index (χ0v) is 11.7. The molecule has 1 N–H and O–H groups in total. The predicted octanol–water partition coefficient (Wildman–Crippen LogP) is 2.96. The molecule has 1 aromatic rings. The van der Waals surface area contributed by atoms with Crippen LogP contribution in [0.25, 0.3) is 0 Å². The van der Waals surface area contributed by atoms with Gasteiger partial charge in [0.2, 0.25) is 0 Å². The van der Waals surface area contributed by atoms with Gasteiger partial charge in [-0.2, -0.15) is 0 Å². The zero-order valence-electron chi connectivity index (χ0n) is 11.0. The van der Waals surface area contributed by atoms with Gasteiger partial charge in [-0.15, -0.1) is 0 Å². The second-order valence-electron chi connectivity index (χ2n) is 4.64. The average molecular weight is 270 g/mol. The monoisotopic (exact) mass is 269 g/mol. The normalized spacial score (nSPS) is 16.8. The van der Waals surface area contributed by atoms with Gasteiger partial charge in [-0.25, -0.2) is 0 Å². The fourth-order valence-corrected chi connectivity index (χ4v) is 2.81. The summed E-state index contributed by atoms with van der Waals surface area (Å²) in [4.78, 5) is 0. The van der Waals surface area contributed by atoms with E-state index < -0.39 is 0 Å². The number of hydrogen-bond donors (Lipinski definition) is 1. The predicted molar refractivity (Wildman–Crippen MR) is 73.6 cm³/mol. The quantitative estimate of drug-likeness (QED) is 0.912. The van der Waals surface area contributed by atoms with Crippen molar-refractivity contribution in [3.05, 3.63) is 28.3 Å². The second kappa shape index (κ2) is 6.41. The molecule has 0 aliphatic carbocycles. The van der Waals surface area contributed by atoms with E-state index in [9.17, 15) is 0 Å². The fourth-order valence-electron chi connectivity index (χ4n) is 2.56. The van der Waals surface area contributed by atoms with Crippen LogP contribution in [0.15, 0.2) is 12.1 Å². The lowest BCUT2D eigenvalue weighted by atomic mass is 9.87. The van der Waals surface area contributed by atoms with Gasteiger partial charge in [-0.1, -0.05) is 11.6 Å². The summed E-state index contributed by atoms with van der Waals surface area (Å²) in [6.45, 7) is 2.74. The van der Waals surface area contributed by atoms with E-state index in [2.05, 4.69) is 5.32 Å². The van der Waals surface area contributed by atoms with E-state index in [1.165, 1.54) is 11.1 Å². The minimum absolute atomic E-state index is 0.569. The van der Waals surface area contributed by atoms with Crippen molar-refractivity contribution in [1.82, 2.24) is 5.32 Å². The fraction of sp³-hybridized carbons (Fsp3) is 0.571. The van der Waals surface area contributed by atoms with Crippen molar-refractivity contribution >= 4 is 11.6 Å². The third-order valence-corrected chi connectivity index (χ3v) is 3.79. The molecule has 1 fully saturated rings. The molecule has 3 nitrogen and oxygen atoms in total.